The number of carbonyl (C=O) groups is 1. The van der Waals surface area contributed by atoms with Crippen LogP contribution in [0.1, 0.15) is 12.5 Å². The van der Waals surface area contributed by atoms with Crippen LogP contribution >= 0.6 is 0 Å². The first kappa shape index (κ1) is 17.0. The third-order valence-electron chi connectivity index (χ3n) is 4.27. The van der Waals surface area contributed by atoms with Gasteiger partial charge >= 0.3 is 0 Å². The summed E-state index contributed by atoms with van der Waals surface area (Å²) in [5.41, 5.74) is 3.94. The molecule has 0 fully saturated rings. The zero-order valence-electron chi connectivity index (χ0n) is 14.9. The van der Waals surface area contributed by atoms with Gasteiger partial charge in [-0.3, -0.25) is 4.79 Å². The first-order valence-electron chi connectivity index (χ1n) is 8.40. The Morgan fingerprint density at radius 1 is 1.08 bits per heavy atom. The van der Waals surface area contributed by atoms with Gasteiger partial charge < -0.3 is 9.80 Å². The standard InChI is InChI=1S/C19H23N5O/c1-4-23(13-15-9-11-16(12-10-15)22(2)3)19(25)14-24-18-8-6-5-7-17(18)20-21-24/h5-12H,4,13-14H2,1-3H3. The van der Waals surface area contributed by atoms with Crippen molar-refractivity contribution in [3.05, 3.63) is 54.1 Å². The molecule has 3 rings (SSSR count). The Morgan fingerprint density at radius 3 is 2.48 bits per heavy atom. The molecule has 130 valence electrons. The maximum absolute atomic E-state index is 12.7. The van der Waals surface area contributed by atoms with E-state index in [2.05, 4.69) is 39.5 Å². The van der Waals surface area contributed by atoms with Gasteiger partial charge in [-0.05, 0) is 36.8 Å². The highest BCUT2D eigenvalue weighted by Gasteiger charge is 2.15. The van der Waals surface area contributed by atoms with Crippen LogP contribution in [0.25, 0.3) is 11.0 Å². The van der Waals surface area contributed by atoms with Crippen molar-refractivity contribution < 1.29 is 4.79 Å². The van der Waals surface area contributed by atoms with E-state index in [1.165, 1.54) is 0 Å². The van der Waals surface area contributed by atoms with E-state index in [4.69, 9.17) is 0 Å². The van der Waals surface area contributed by atoms with E-state index in [9.17, 15) is 4.79 Å². The minimum Gasteiger partial charge on any atom is -0.378 e. The van der Waals surface area contributed by atoms with Gasteiger partial charge in [-0.25, -0.2) is 4.68 Å². The topological polar surface area (TPSA) is 54.3 Å². The molecule has 0 atom stereocenters. The summed E-state index contributed by atoms with van der Waals surface area (Å²) >= 11 is 0. The number of likely N-dealkylation sites (N-methyl/N-ethyl adjacent to an activating group) is 1. The minimum absolute atomic E-state index is 0.0369. The van der Waals surface area contributed by atoms with Crippen LogP contribution in [0.5, 0.6) is 0 Å². The Bertz CT molecular complexity index is 854. The van der Waals surface area contributed by atoms with E-state index in [0.29, 0.717) is 13.1 Å². The second-order valence-electron chi connectivity index (χ2n) is 6.20. The number of fused-ring (bicyclic) bond motifs is 1. The van der Waals surface area contributed by atoms with Gasteiger partial charge in [0, 0.05) is 32.9 Å². The minimum atomic E-state index is 0.0369. The van der Waals surface area contributed by atoms with Gasteiger partial charge in [0.25, 0.3) is 0 Å². The van der Waals surface area contributed by atoms with Crippen LogP contribution in [0.3, 0.4) is 0 Å². The maximum Gasteiger partial charge on any atom is 0.244 e. The fraction of sp³-hybridized carbons (Fsp3) is 0.316. The summed E-state index contributed by atoms with van der Waals surface area (Å²) in [6.07, 6.45) is 0. The quantitative estimate of drug-likeness (QED) is 0.694. The first-order valence-corrected chi connectivity index (χ1v) is 8.40. The van der Waals surface area contributed by atoms with Crippen molar-refractivity contribution in [2.45, 2.75) is 20.0 Å². The van der Waals surface area contributed by atoms with Crippen molar-refractivity contribution in [2.24, 2.45) is 0 Å². The number of rotatable bonds is 6. The predicted octanol–water partition coefficient (Wildman–Crippen LogP) is 2.55. The Kier molecular flexibility index (Phi) is 4.97. The lowest BCUT2D eigenvalue weighted by Gasteiger charge is -2.21. The number of nitrogens with zero attached hydrogens (tertiary/aromatic N) is 5. The normalized spacial score (nSPS) is 10.8. The van der Waals surface area contributed by atoms with E-state index in [-0.39, 0.29) is 12.5 Å². The molecule has 25 heavy (non-hydrogen) atoms. The largest absolute Gasteiger partial charge is 0.378 e. The molecule has 1 aromatic heterocycles. The second kappa shape index (κ2) is 7.34. The third kappa shape index (κ3) is 3.79. The van der Waals surface area contributed by atoms with Gasteiger partial charge in [-0.15, -0.1) is 5.10 Å². The molecule has 1 heterocycles. The van der Waals surface area contributed by atoms with Gasteiger partial charge in [0.1, 0.15) is 12.1 Å². The summed E-state index contributed by atoms with van der Waals surface area (Å²) in [5.74, 6) is 0.0369. The number of benzene rings is 2. The number of anilines is 1. The average Bonchev–Trinajstić information content (AvgIpc) is 3.03. The molecule has 3 aromatic rings. The number of hydrogen-bond donors (Lipinski definition) is 0. The smallest absolute Gasteiger partial charge is 0.244 e. The van der Waals surface area contributed by atoms with Crippen LogP contribution in [0.2, 0.25) is 0 Å². The number of aromatic nitrogens is 3. The number of hydrogen-bond acceptors (Lipinski definition) is 4. The molecule has 6 nitrogen and oxygen atoms in total. The van der Waals surface area contributed by atoms with Crippen molar-refractivity contribution in [1.82, 2.24) is 19.9 Å². The van der Waals surface area contributed by atoms with Crippen molar-refractivity contribution in [1.29, 1.82) is 0 Å². The molecule has 0 aliphatic heterocycles. The summed E-state index contributed by atoms with van der Waals surface area (Å²) in [6.45, 7) is 3.44. The molecular formula is C19H23N5O. The van der Waals surface area contributed by atoms with Crippen LogP contribution in [-0.2, 0) is 17.9 Å². The Hall–Kier alpha value is -2.89. The Morgan fingerprint density at radius 2 is 1.80 bits per heavy atom. The zero-order chi connectivity index (χ0) is 17.8. The molecular weight excluding hydrogens is 314 g/mol. The van der Waals surface area contributed by atoms with E-state index in [1.54, 1.807) is 4.68 Å². The van der Waals surface area contributed by atoms with E-state index in [0.717, 1.165) is 22.3 Å². The lowest BCUT2D eigenvalue weighted by atomic mass is 10.2. The van der Waals surface area contributed by atoms with Crippen molar-refractivity contribution in [3.8, 4) is 0 Å². The molecule has 0 radical (unpaired) electrons. The van der Waals surface area contributed by atoms with Gasteiger partial charge in [0.2, 0.25) is 5.91 Å². The fourth-order valence-electron chi connectivity index (χ4n) is 2.76. The van der Waals surface area contributed by atoms with Crippen LogP contribution in [0.4, 0.5) is 5.69 Å². The number of para-hydroxylation sites is 1. The summed E-state index contributed by atoms with van der Waals surface area (Å²) < 4.78 is 1.66. The summed E-state index contributed by atoms with van der Waals surface area (Å²) in [4.78, 5) is 16.6. The monoisotopic (exact) mass is 337 g/mol. The van der Waals surface area contributed by atoms with Crippen LogP contribution in [0, 0.1) is 0 Å². The highest BCUT2D eigenvalue weighted by molar-refractivity contribution is 5.79. The molecule has 0 bridgehead atoms. The first-order chi connectivity index (χ1) is 12.1. The van der Waals surface area contributed by atoms with Crippen LogP contribution < -0.4 is 4.90 Å². The molecule has 0 aliphatic rings. The van der Waals surface area contributed by atoms with Gasteiger partial charge in [-0.1, -0.05) is 29.5 Å². The summed E-state index contributed by atoms with van der Waals surface area (Å²) in [6, 6.07) is 15.9. The van der Waals surface area contributed by atoms with E-state index < -0.39 is 0 Å². The summed E-state index contributed by atoms with van der Waals surface area (Å²) in [7, 11) is 4.03. The van der Waals surface area contributed by atoms with E-state index in [1.807, 2.05) is 50.2 Å². The van der Waals surface area contributed by atoms with Gasteiger partial charge in [0.05, 0.1) is 5.52 Å². The molecule has 0 saturated heterocycles. The lowest BCUT2D eigenvalue weighted by molar-refractivity contribution is -0.132. The van der Waals surface area contributed by atoms with Crippen molar-refractivity contribution in [2.75, 3.05) is 25.5 Å². The molecule has 0 unspecified atom stereocenters. The summed E-state index contributed by atoms with van der Waals surface area (Å²) in [5, 5.41) is 8.21. The molecule has 1 amide bonds. The van der Waals surface area contributed by atoms with E-state index >= 15 is 0 Å². The SMILES string of the molecule is CCN(Cc1ccc(N(C)C)cc1)C(=O)Cn1nnc2ccccc21. The third-order valence-corrected chi connectivity index (χ3v) is 4.27. The molecule has 0 aliphatic carbocycles. The molecule has 2 aromatic carbocycles. The Balaban J connectivity index is 1.70. The lowest BCUT2D eigenvalue weighted by Crippen LogP contribution is -2.33. The second-order valence-corrected chi connectivity index (χ2v) is 6.20. The van der Waals surface area contributed by atoms with Crippen LogP contribution in [0.15, 0.2) is 48.5 Å². The fourth-order valence-corrected chi connectivity index (χ4v) is 2.76. The number of carbonyl (C=O) groups excluding carboxylic acids is 1. The molecule has 0 N–H and O–H groups in total. The molecule has 0 spiro atoms. The van der Waals surface area contributed by atoms with Crippen molar-refractivity contribution in [3.63, 3.8) is 0 Å². The van der Waals surface area contributed by atoms with Crippen molar-refractivity contribution >= 4 is 22.6 Å². The zero-order valence-corrected chi connectivity index (χ0v) is 14.9. The van der Waals surface area contributed by atoms with Crippen LogP contribution in [-0.4, -0.2) is 46.4 Å². The number of amides is 1. The predicted molar refractivity (Wildman–Crippen MR) is 99.4 cm³/mol. The highest BCUT2D eigenvalue weighted by atomic mass is 16.2. The average molecular weight is 337 g/mol. The van der Waals surface area contributed by atoms with Gasteiger partial charge in [-0.2, -0.15) is 0 Å². The Labute approximate surface area is 147 Å². The maximum atomic E-state index is 12.7. The van der Waals surface area contributed by atoms with Gasteiger partial charge in [0.15, 0.2) is 0 Å². The molecule has 6 heteroatoms. The highest BCUT2D eigenvalue weighted by Crippen LogP contribution is 2.15. The molecule has 0 saturated carbocycles.